The van der Waals surface area contributed by atoms with Crippen molar-refractivity contribution in [3.63, 3.8) is 0 Å². The standard InChI is InChI=1S/C18H19N3O2S/c1-2-6-13(7-3-1)10-17-19-20-18(22-17)12-24-11-15-14-8-4-5-9-16(14)23-21-15/h1-3,6-7H,4-5,8-12H2. The quantitative estimate of drug-likeness (QED) is 0.676. The van der Waals surface area contributed by atoms with Gasteiger partial charge in [0.2, 0.25) is 11.8 Å². The van der Waals surface area contributed by atoms with Gasteiger partial charge in [-0.2, -0.15) is 0 Å². The van der Waals surface area contributed by atoms with Gasteiger partial charge in [0, 0.05) is 17.7 Å². The van der Waals surface area contributed by atoms with Crippen molar-refractivity contribution in [3.05, 3.63) is 64.7 Å². The zero-order valence-corrected chi connectivity index (χ0v) is 14.2. The van der Waals surface area contributed by atoms with E-state index < -0.39 is 0 Å². The fraction of sp³-hybridized carbons (Fsp3) is 0.389. The molecular formula is C18H19N3O2S. The summed E-state index contributed by atoms with van der Waals surface area (Å²) in [5.74, 6) is 3.94. The fourth-order valence-corrected chi connectivity index (χ4v) is 3.80. The van der Waals surface area contributed by atoms with E-state index in [1.165, 1.54) is 24.0 Å². The number of rotatable bonds is 6. The molecule has 0 N–H and O–H groups in total. The van der Waals surface area contributed by atoms with Crippen molar-refractivity contribution < 1.29 is 8.94 Å². The number of aromatic nitrogens is 3. The minimum atomic E-state index is 0.663. The summed E-state index contributed by atoms with van der Waals surface area (Å²) in [7, 11) is 0. The second kappa shape index (κ2) is 7.21. The first-order chi connectivity index (χ1) is 11.9. The molecule has 0 unspecified atom stereocenters. The Labute approximate surface area is 144 Å². The van der Waals surface area contributed by atoms with E-state index in [2.05, 4.69) is 27.5 Å². The monoisotopic (exact) mass is 341 g/mol. The smallest absolute Gasteiger partial charge is 0.226 e. The number of benzene rings is 1. The Hall–Kier alpha value is -2.08. The zero-order chi connectivity index (χ0) is 16.2. The average Bonchev–Trinajstić information content (AvgIpc) is 3.23. The van der Waals surface area contributed by atoms with Crippen LogP contribution in [-0.2, 0) is 30.8 Å². The molecule has 24 heavy (non-hydrogen) atoms. The van der Waals surface area contributed by atoms with Gasteiger partial charge in [-0.25, -0.2) is 0 Å². The van der Waals surface area contributed by atoms with Crippen LogP contribution in [0, 0.1) is 0 Å². The predicted octanol–water partition coefficient (Wildman–Crippen LogP) is 3.96. The van der Waals surface area contributed by atoms with E-state index in [-0.39, 0.29) is 0 Å². The van der Waals surface area contributed by atoms with E-state index in [1.54, 1.807) is 11.8 Å². The van der Waals surface area contributed by atoms with Crippen LogP contribution in [0.5, 0.6) is 0 Å². The van der Waals surface area contributed by atoms with Crippen molar-refractivity contribution in [2.75, 3.05) is 0 Å². The van der Waals surface area contributed by atoms with E-state index in [0.29, 0.717) is 24.0 Å². The lowest BCUT2D eigenvalue weighted by atomic mass is 9.97. The molecule has 0 radical (unpaired) electrons. The first-order valence-corrected chi connectivity index (χ1v) is 9.43. The van der Waals surface area contributed by atoms with Gasteiger partial charge in [0.05, 0.1) is 17.9 Å². The summed E-state index contributed by atoms with van der Waals surface area (Å²) in [6, 6.07) is 10.2. The molecule has 2 aromatic heterocycles. The number of hydrogen-bond acceptors (Lipinski definition) is 6. The zero-order valence-electron chi connectivity index (χ0n) is 13.4. The molecule has 6 heteroatoms. The predicted molar refractivity (Wildman–Crippen MR) is 91.7 cm³/mol. The molecule has 0 spiro atoms. The molecule has 0 bridgehead atoms. The van der Waals surface area contributed by atoms with Gasteiger partial charge in [-0.3, -0.25) is 0 Å². The minimum Gasteiger partial charge on any atom is -0.424 e. The molecule has 2 heterocycles. The van der Waals surface area contributed by atoms with Crippen LogP contribution in [0.25, 0.3) is 0 Å². The van der Waals surface area contributed by atoms with E-state index in [0.717, 1.165) is 30.0 Å². The molecule has 1 aliphatic rings. The van der Waals surface area contributed by atoms with Crippen molar-refractivity contribution >= 4 is 11.8 Å². The molecule has 0 saturated carbocycles. The third-order valence-corrected chi connectivity index (χ3v) is 5.13. The number of hydrogen-bond donors (Lipinski definition) is 0. The Morgan fingerprint density at radius 2 is 1.79 bits per heavy atom. The molecule has 4 rings (SSSR count). The Morgan fingerprint density at radius 3 is 2.71 bits per heavy atom. The third-order valence-electron chi connectivity index (χ3n) is 4.20. The maximum absolute atomic E-state index is 5.73. The fourth-order valence-electron chi connectivity index (χ4n) is 2.99. The molecular weight excluding hydrogens is 322 g/mol. The lowest BCUT2D eigenvalue weighted by Gasteiger charge is -2.08. The van der Waals surface area contributed by atoms with Crippen LogP contribution in [0.1, 0.15) is 47.2 Å². The van der Waals surface area contributed by atoms with Crippen LogP contribution < -0.4 is 0 Å². The molecule has 0 aliphatic heterocycles. The van der Waals surface area contributed by atoms with Gasteiger partial charge in [-0.05, 0) is 24.8 Å². The molecule has 0 saturated heterocycles. The molecule has 0 amide bonds. The minimum absolute atomic E-state index is 0.663. The summed E-state index contributed by atoms with van der Waals surface area (Å²) >= 11 is 1.74. The SMILES string of the molecule is c1ccc(Cc2nnc(CSCc3noc4c3CCCC4)o2)cc1. The summed E-state index contributed by atoms with van der Waals surface area (Å²) in [5.41, 5.74) is 3.58. The summed E-state index contributed by atoms with van der Waals surface area (Å²) in [5, 5.41) is 12.5. The highest BCUT2D eigenvalue weighted by Crippen LogP contribution is 2.27. The summed E-state index contributed by atoms with van der Waals surface area (Å²) in [6.45, 7) is 0. The lowest BCUT2D eigenvalue weighted by Crippen LogP contribution is -2.01. The van der Waals surface area contributed by atoms with Crippen LogP contribution in [0.4, 0.5) is 0 Å². The van der Waals surface area contributed by atoms with Gasteiger partial charge < -0.3 is 8.94 Å². The molecule has 0 atom stereocenters. The van der Waals surface area contributed by atoms with Crippen molar-refractivity contribution in [3.8, 4) is 0 Å². The first-order valence-electron chi connectivity index (χ1n) is 8.28. The van der Waals surface area contributed by atoms with E-state index in [9.17, 15) is 0 Å². The van der Waals surface area contributed by atoms with Crippen LogP contribution in [0.3, 0.4) is 0 Å². The molecule has 5 nitrogen and oxygen atoms in total. The Kier molecular flexibility index (Phi) is 4.64. The van der Waals surface area contributed by atoms with Crippen molar-refractivity contribution in [2.45, 2.75) is 43.6 Å². The average molecular weight is 341 g/mol. The molecule has 1 aromatic carbocycles. The van der Waals surface area contributed by atoms with E-state index in [4.69, 9.17) is 8.94 Å². The number of thioether (sulfide) groups is 1. The number of aryl methyl sites for hydroxylation is 1. The van der Waals surface area contributed by atoms with E-state index in [1.807, 2.05) is 18.2 Å². The molecule has 1 aliphatic carbocycles. The molecule has 3 aromatic rings. The van der Waals surface area contributed by atoms with Gasteiger partial charge in [-0.1, -0.05) is 35.5 Å². The summed E-state index contributed by atoms with van der Waals surface area (Å²) in [4.78, 5) is 0. The molecule has 124 valence electrons. The first kappa shape index (κ1) is 15.4. The topological polar surface area (TPSA) is 65.0 Å². The second-order valence-electron chi connectivity index (χ2n) is 5.98. The van der Waals surface area contributed by atoms with Gasteiger partial charge in [0.1, 0.15) is 5.76 Å². The maximum atomic E-state index is 5.73. The van der Waals surface area contributed by atoms with Gasteiger partial charge in [0.25, 0.3) is 0 Å². The van der Waals surface area contributed by atoms with Crippen molar-refractivity contribution in [2.24, 2.45) is 0 Å². The normalized spacial score (nSPS) is 13.8. The van der Waals surface area contributed by atoms with Crippen LogP contribution in [-0.4, -0.2) is 15.4 Å². The largest absolute Gasteiger partial charge is 0.424 e. The highest BCUT2D eigenvalue weighted by molar-refractivity contribution is 7.97. The maximum Gasteiger partial charge on any atom is 0.226 e. The highest BCUT2D eigenvalue weighted by atomic mass is 32.2. The summed E-state index contributed by atoms with van der Waals surface area (Å²) < 4.78 is 11.2. The van der Waals surface area contributed by atoms with Crippen LogP contribution in [0.15, 0.2) is 39.3 Å². The van der Waals surface area contributed by atoms with Crippen LogP contribution >= 0.6 is 11.8 Å². The number of fused-ring (bicyclic) bond motifs is 1. The van der Waals surface area contributed by atoms with Gasteiger partial charge >= 0.3 is 0 Å². The Bertz CT molecular complexity index is 798. The van der Waals surface area contributed by atoms with Gasteiger partial charge in [0.15, 0.2) is 0 Å². The number of nitrogens with zero attached hydrogens (tertiary/aromatic N) is 3. The van der Waals surface area contributed by atoms with Crippen LogP contribution in [0.2, 0.25) is 0 Å². The highest BCUT2D eigenvalue weighted by Gasteiger charge is 2.19. The van der Waals surface area contributed by atoms with Crippen molar-refractivity contribution in [1.29, 1.82) is 0 Å². The second-order valence-corrected chi connectivity index (χ2v) is 6.97. The van der Waals surface area contributed by atoms with E-state index >= 15 is 0 Å². The molecule has 0 fully saturated rings. The third kappa shape index (κ3) is 3.53. The van der Waals surface area contributed by atoms with Crippen molar-refractivity contribution in [1.82, 2.24) is 15.4 Å². The Morgan fingerprint density at radius 1 is 0.958 bits per heavy atom. The summed E-state index contributed by atoms with van der Waals surface area (Å²) in [6.07, 6.45) is 5.24. The van der Waals surface area contributed by atoms with Gasteiger partial charge in [-0.15, -0.1) is 22.0 Å². The Balaban J connectivity index is 1.31. The lowest BCUT2D eigenvalue weighted by molar-refractivity contribution is 0.369.